The first-order valence-electron chi connectivity index (χ1n) is 12.5. The van der Waals surface area contributed by atoms with Gasteiger partial charge in [0.1, 0.15) is 0 Å². The maximum atomic E-state index is 3.96. The molecule has 0 bridgehead atoms. The molecule has 0 aliphatic heterocycles. The quantitative estimate of drug-likeness (QED) is 0.163. The second-order valence-electron chi connectivity index (χ2n) is 10.3. The number of hydrogen-bond donors (Lipinski definition) is 1. The summed E-state index contributed by atoms with van der Waals surface area (Å²) in [4.78, 5) is 0. The second-order valence-corrected chi connectivity index (χ2v) is 10.3. The molecule has 0 aliphatic carbocycles. The molecule has 0 amide bonds. The lowest BCUT2D eigenvalue weighted by molar-refractivity contribution is -1.03. The number of nitrogens with zero attached hydrogens (tertiary/aromatic N) is 2. The van der Waals surface area contributed by atoms with Gasteiger partial charge in [-0.15, -0.1) is 0 Å². The molecule has 3 heteroatoms. The maximum absolute atomic E-state index is 3.96. The van der Waals surface area contributed by atoms with Crippen LogP contribution in [0.2, 0.25) is 0 Å². The molecule has 4 atom stereocenters. The third-order valence-electron chi connectivity index (χ3n) is 6.90. The average molecular weight is 399 g/mol. The molecule has 0 radical (unpaired) electrons. The van der Waals surface area contributed by atoms with Crippen LogP contribution >= 0.6 is 0 Å². The van der Waals surface area contributed by atoms with E-state index in [-0.39, 0.29) is 0 Å². The van der Waals surface area contributed by atoms with Crippen molar-refractivity contribution in [1.82, 2.24) is 10.5 Å². The highest BCUT2D eigenvalue weighted by molar-refractivity contribution is 4.69. The lowest BCUT2D eigenvalue weighted by Crippen LogP contribution is -2.66. The molecule has 0 aromatic carbocycles. The second kappa shape index (κ2) is 14.8. The van der Waals surface area contributed by atoms with Gasteiger partial charge in [-0.05, 0) is 43.4 Å². The molecule has 3 nitrogen and oxygen atoms in total. The van der Waals surface area contributed by atoms with Crippen LogP contribution in [0.1, 0.15) is 107 Å². The zero-order valence-electron chi connectivity index (χ0n) is 21.4. The number of nitrogens with one attached hydrogen (secondary N) is 1. The van der Waals surface area contributed by atoms with Crippen LogP contribution in [-0.4, -0.2) is 42.4 Å². The van der Waals surface area contributed by atoms with E-state index in [9.17, 15) is 0 Å². The average Bonchev–Trinajstić information content (AvgIpc) is 2.63. The number of unbranched alkanes of at least 4 members (excludes halogenated alkanes) is 2. The monoisotopic (exact) mass is 398 g/mol. The molecule has 4 unspecified atom stereocenters. The van der Waals surface area contributed by atoms with E-state index in [0.29, 0.717) is 17.9 Å². The van der Waals surface area contributed by atoms with Gasteiger partial charge in [-0.2, -0.15) is 0 Å². The minimum absolute atomic E-state index is 0.555. The van der Waals surface area contributed by atoms with Gasteiger partial charge in [-0.3, -0.25) is 0 Å². The Bertz CT molecular complexity index is 369. The zero-order chi connectivity index (χ0) is 21.7. The predicted molar refractivity (Wildman–Crippen MR) is 127 cm³/mol. The van der Waals surface area contributed by atoms with Gasteiger partial charge in [0.2, 0.25) is 0 Å². The zero-order valence-corrected chi connectivity index (χ0v) is 21.4. The van der Waals surface area contributed by atoms with Crippen LogP contribution in [0.3, 0.4) is 0 Å². The topological polar surface area (TPSA) is 15.3 Å². The Morgan fingerprint density at radius 2 is 1.43 bits per heavy atom. The standard InChI is InChI=1S/C25H56N3/c1-11-19-28(10,13-3)27(26-25(12-2)22(6)7)20-24(9)23(8)18-16-14-15-17-21(4)5/h21-26H,11-20H2,1-10H3/q+1. The summed E-state index contributed by atoms with van der Waals surface area (Å²) in [6, 6.07) is 0.555. The van der Waals surface area contributed by atoms with Crippen LogP contribution in [0.15, 0.2) is 0 Å². The van der Waals surface area contributed by atoms with Gasteiger partial charge >= 0.3 is 0 Å². The summed E-state index contributed by atoms with van der Waals surface area (Å²) in [6.07, 6.45) is 9.37. The largest absolute Gasteiger partial charge is 0.232 e. The highest BCUT2D eigenvalue weighted by atomic mass is 15.9. The molecule has 0 aliphatic rings. The first-order chi connectivity index (χ1) is 13.1. The summed E-state index contributed by atoms with van der Waals surface area (Å²) in [5.74, 6) is 3.01. The van der Waals surface area contributed by atoms with Crippen molar-refractivity contribution < 1.29 is 4.59 Å². The van der Waals surface area contributed by atoms with E-state index < -0.39 is 0 Å². The van der Waals surface area contributed by atoms with E-state index in [4.69, 9.17) is 0 Å². The van der Waals surface area contributed by atoms with E-state index in [1.807, 2.05) is 0 Å². The van der Waals surface area contributed by atoms with Crippen molar-refractivity contribution in [2.24, 2.45) is 23.7 Å². The Balaban J connectivity index is 4.90. The summed E-state index contributed by atoms with van der Waals surface area (Å²) in [6.45, 7) is 24.8. The van der Waals surface area contributed by atoms with Crippen molar-refractivity contribution in [3.05, 3.63) is 0 Å². The van der Waals surface area contributed by atoms with Crippen LogP contribution in [0.25, 0.3) is 0 Å². The van der Waals surface area contributed by atoms with E-state index in [2.05, 4.69) is 79.9 Å². The molecule has 1 N–H and O–H groups in total. The minimum atomic E-state index is 0.555. The Labute approximate surface area is 179 Å². The molecular weight excluding hydrogens is 342 g/mol. The third kappa shape index (κ3) is 10.6. The molecule has 0 saturated heterocycles. The number of quaternary nitrogens is 1. The SMILES string of the molecule is CCC[N+](C)(CC)N(CC(C)C(C)CCCCCC(C)C)NC(CC)C(C)C. The molecule has 0 spiro atoms. The van der Waals surface area contributed by atoms with E-state index in [1.165, 1.54) is 51.5 Å². The van der Waals surface area contributed by atoms with Crippen LogP contribution in [0.5, 0.6) is 0 Å². The van der Waals surface area contributed by atoms with Crippen molar-refractivity contribution in [3.63, 3.8) is 0 Å². The summed E-state index contributed by atoms with van der Waals surface area (Å²) in [5, 5.41) is 2.59. The third-order valence-corrected chi connectivity index (χ3v) is 6.90. The Morgan fingerprint density at radius 3 is 1.89 bits per heavy atom. The van der Waals surface area contributed by atoms with Gasteiger partial charge in [0, 0.05) is 6.04 Å². The Morgan fingerprint density at radius 1 is 0.821 bits per heavy atom. The molecule has 0 rings (SSSR count). The maximum Gasteiger partial charge on any atom is 0.0971 e. The molecule has 28 heavy (non-hydrogen) atoms. The van der Waals surface area contributed by atoms with Gasteiger partial charge in [-0.1, -0.05) is 92.6 Å². The first kappa shape index (κ1) is 27.9. The van der Waals surface area contributed by atoms with E-state index in [1.54, 1.807) is 0 Å². The highest BCUT2D eigenvalue weighted by Crippen LogP contribution is 2.23. The summed E-state index contributed by atoms with van der Waals surface area (Å²) >= 11 is 0. The van der Waals surface area contributed by atoms with E-state index in [0.717, 1.165) is 29.5 Å². The van der Waals surface area contributed by atoms with Crippen molar-refractivity contribution in [2.45, 2.75) is 113 Å². The molecule has 0 aromatic rings. The summed E-state index contributed by atoms with van der Waals surface area (Å²) in [5.41, 5.74) is 3.96. The van der Waals surface area contributed by atoms with Crippen molar-refractivity contribution >= 4 is 0 Å². The predicted octanol–water partition coefficient (Wildman–Crippen LogP) is 6.90. The normalized spacial score (nSPS) is 17.9. The van der Waals surface area contributed by atoms with Crippen molar-refractivity contribution in [2.75, 3.05) is 26.7 Å². The fourth-order valence-corrected chi connectivity index (χ4v) is 4.16. The lowest BCUT2D eigenvalue weighted by atomic mass is 9.90. The fourth-order valence-electron chi connectivity index (χ4n) is 4.16. The van der Waals surface area contributed by atoms with E-state index >= 15 is 0 Å². The molecule has 0 aromatic heterocycles. The molecule has 0 saturated carbocycles. The smallest absolute Gasteiger partial charge is 0.0971 e. The van der Waals surface area contributed by atoms with Crippen molar-refractivity contribution in [1.29, 1.82) is 0 Å². The molecule has 170 valence electrons. The molecule has 0 fully saturated rings. The van der Waals surface area contributed by atoms with Crippen LogP contribution in [-0.2, 0) is 0 Å². The van der Waals surface area contributed by atoms with Crippen LogP contribution in [0.4, 0.5) is 0 Å². The van der Waals surface area contributed by atoms with Gasteiger partial charge < -0.3 is 0 Å². The lowest BCUT2D eigenvalue weighted by Gasteiger charge is -2.45. The fraction of sp³-hybridized carbons (Fsp3) is 1.00. The minimum Gasteiger partial charge on any atom is -0.232 e. The number of hydrazine groups is 1. The molecule has 0 heterocycles. The number of rotatable bonds is 17. The van der Waals surface area contributed by atoms with Crippen LogP contribution < -0.4 is 5.43 Å². The van der Waals surface area contributed by atoms with Crippen molar-refractivity contribution in [3.8, 4) is 0 Å². The highest BCUT2D eigenvalue weighted by Gasteiger charge is 2.32. The summed E-state index contributed by atoms with van der Waals surface area (Å²) in [7, 11) is 2.41. The van der Waals surface area contributed by atoms with Gasteiger partial charge in [0.25, 0.3) is 0 Å². The van der Waals surface area contributed by atoms with Gasteiger partial charge in [0.05, 0.1) is 26.7 Å². The van der Waals surface area contributed by atoms with Gasteiger partial charge in [0.15, 0.2) is 0 Å². The summed E-state index contributed by atoms with van der Waals surface area (Å²) < 4.78 is 1.01. The number of hydrogen-bond acceptors (Lipinski definition) is 2. The van der Waals surface area contributed by atoms with Crippen LogP contribution in [0, 0.1) is 23.7 Å². The molecular formula is C25H56N3+. The first-order valence-corrected chi connectivity index (χ1v) is 12.5. The Hall–Kier alpha value is -0.120. The Kier molecular flexibility index (Phi) is 14.7. The van der Waals surface area contributed by atoms with Gasteiger partial charge in [-0.25, -0.2) is 10.0 Å².